The van der Waals surface area contributed by atoms with Gasteiger partial charge in [0.05, 0.1) is 5.00 Å². The van der Waals surface area contributed by atoms with E-state index in [2.05, 4.69) is 22.9 Å². The molecule has 0 atom stereocenters. The van der Waals surface area contributed by atoms with Gasteiger partial charge in [0, 0.05) is 31.1 Å². The minimum absolute atomic E-state index is 1.15. The average molecular weight is 222 g/mol. The predicted octanol–water partition coefficient (Wildman–Crippen LogP) is 2.34. The lowest BCUT2D eigenvalue weighted by molar-refractivity contribution is 0.315. The molecule has 0 spiro atoms. The van der Waals surface area contributed by atoms with Gasteiger partial charge in [-0.05, 0) is 37.9 Å². The highest BCUT2D eigenvalue weighted by molar-refractivity contribution is 7.16. The minimum atomic E-state index is 1.15. The molecule has 0 N–H and O–H groups in total. The van der Waals surface area contributed by atoms with Crippen LogP contribution in [-0.2, 0) is 13.0 Å². The van der Waals surface area contributed by atoms with Crippen LogP contribution < -0.4 is 4.90 Å². The zero-order valence-electron chi connectivity index (χ0n) is 9.33. The van der Waals surface area contributed by atoms with Crippen molar-refractivity contribution >= 4 is 16.3 Å². The molecule has 2 aliphatic rings. The molecular weight excluding hydrogens is 204 g/mol. The van der Waals surface area contributed by atoms with Crippen LogP contribution in [0.1, 0.15) is 23.3 Å². The summed E-state index contributed by atoms with van der Waals surface area (Å²) in [5.41, 5.74) is 1.58. The largest absolute Gasteiger partial charge is 0.363 e. The summed E-state index contributed by atoms with van der Waals surface area (Å²) in [7, 11) is 2.22. The third kappa shape index (κ3) is 1.79. The molecule has 1 fully saturated rings. The third-order valence-corrected chi connectivity index (χ3v) is 4.76. The molecule has 2 aliphatic heterocycles. The summed E-state index contributed by atoms with van der Waals surface area (Å²) in [4.78, 5) is 6.61. The van der Waals surface area contributed by atoms with E-state index in [4.69, 9.17) is 0 Å². The molecule has 0 amide bonds. The van der Waals surface area contributed by atoms with E-state index >= 15 is 0 Å². The van der Waals surface area contributed by atoms with Gasteiger partial charge in [0.15, 0.2) is 0 Å². The van der Waals surface area contributed by atoms with Crippen molar-refractivity contribution in [1.29, 1.82) is 0 Å². The SMILES string of the molecule is CN1CCc2sc(N3CCCC3)cc2C1. The second-order valence-electron chi connectivity index (χ2n) is 4.71. The summed E-state index contributed by atoms with van der Waals surface area (Å²) in [6, 6.07) is 2.43. The van der Waals surface area contributed by atoms with Gasteiger partial charge >= 0.3 is 0 Å². The van der Waals surface area contributed by atoms with Gasteiger partial charge < -0.3 is 9.80 Å². The molecule has 2 nitrogen and oxygen atoms in total. The molecular formula is C12H18N2S. The lowest BCUT2D eigenvalue weighted by Crippen LogP contribution is -2.25. The average Bonchev–Trinajstić information content (AvgIpc) is 2.84. The Bertz CT molecular complexity index is 353. The van der Waals surface area contributed by atoms with Crippen LogP contribution in [0.4, 0.5) is 5.00 Å². The number of fused-ring (bicyclic) bond motifs is 1. The molecule has 0 bridgehead atoms. The van der Waals surface area contributed by atoms with Gasteiger partial charge in [-0.25, -0.2) is 0 Å². The Morgan fingerprint density at radius 3 is 2.80 bits per heavy atom. The minimum Gasteiger partial charge on any atom is -0.363 e. The van der Waals surface area contributed by atoms with E-state index in [1.54, 1.807) is 10.4 Å². The van der Waals surface area contributed by atoms with Crippen molar-refractivity contribution in [3.63, 3.8) is 0 Å². The first kappa shape index (κ1) is 9.67. The molecule has 3 heterocycles. The highest BCUT2D eigenvalue weighted by atomic mass is 32.1. The van der Waals surface area contributed by atoms with E-state index in [0.717, 1.165) is 6.54 Å². The Morgan fingerprint density at radius 1 is 1.20 bits per heavy atom. The summed E-state index contributed by atoms with van der Waals surface area (Å²) in [5.74, 6) is 0. The second kappa shape index (κ2) is 3.80. The van der Waals surface area contributed by atoms with E-state index in [1.807, 2.05) is 11.3 Å². The zero-order valence-corrected chi connectivity index (χ0v) is 10.1. The van der Waals surface area contributed by atoms with Crippen LogP contribution in [0, 0.1) is 0 Å². The molecule has 15 heavy (non-hydrogen) atoms. The third-order valence-electron chi connectivity index (χ3n) is 3.46. The van der Waals surface area contributed by atoms with Crippen LogP contribution in [0.3, 0.4) is 0 Å². The first-order valence-electron chi connectivity index (χ1n) is 5.88. The number of anilines is 1. The molecule has 1 saturated heterocycles. The van der Waals surface area contributed by atoms with Crippen LogP contribution in [0.25, 0.3) is 0 Å². The maximum absolute atomic E-state index is 2.56. The van der Waals surface area contributed by atoms with Gasteiger partial charge in [0.1, 0.15) is 0 Å². The Morgan fingerprint density at radius 2 is 2.00 bits per heavy atom. The van der Waals surface area contributed by atoms with Crippen LogP contribution >= 0.6 is 11.3 Å². The van der Waals surface area contributed by atoms with Gasteiger partial charge in [-0.2, -0.15) is 0 Å². The number of hydrogen-bond acceptors (Lipinski definition) is 3. The van der Waals surface area contributed by atoms with E-state index < -0.39 is 0 Å². The monoisotopic (exact) mass is 222 g/mol. The van der Waals surface area contributed by atoms with Gasteiger partial charge in [-0.15, -0.1) is 11.3 Å². The summed E-state index contributed by atoms with van der Waals surface area (Å²) >= 11 is 2.03. The smallest absolute Gasteiger partial charge is 0.0914 e. The Balaban J connectivity index is 1.85. The van der Waals surface area contributed by atoms with Crippen LogP contribution in [-0.4, -0.2) is 31.6 Å². The van der Waals surface area contributed by atoms with Gasteiger partial charge in [0.25, 0.3) is 0 Å². The van der Waals surface area contributed by atoms with E-state index in [0.29, 0.717) is 0 Å². The van der Waals surface area contributed by atoms with Gasteiger partial charge in [0.2, 0.25) is 0 Å². The molecule has 1 aromatic heterocycles. The number of rotatable bonds is 1. The number of nitrogens with zero attached hydrogens (tertiary/aromatic N) is 2. The number of hydrogen-bond donors (Lipinski definition) is 0. The van der Waals surface area contributed by atoms with Crippen molar-refractivity contribution < 1.29 is 0 Å². The Hall–Kier alpha value is -0.540. The lowest BCUT2D eigenvalue weighted by Gasteiger charge is -2.21. The van der Waals surface area contributed by atoms with Crippen molar-refractivity contribution in [3.8, 4) is 0 Å². The fraction of sp³-hybridized carbons (Fsp3) is 0.667. The van der Waals surface area contributed by atoms with E-state index in [-0.39, 0.29) is 0 Å². The first-order valence-corrected chi connectivity index (χ1v) is 6.69. The predicted molar refractivity (Wildman–Crippen MR) is 65.8 cm³/mol. The fourth-order valence-electron chi connectivity index (χ4n) is 2.55. The first-order chi connectivity index (χ1) is 7.33. The maximum Gasteiger partial charge on any atom is 0.0914 e. The molecule has 0 aliphatic carbocycles. The summed E-state index contributed by atoms with van der Waals surface area (Å²) < 4.78 is 0. The molecule has 82 valence electrons. The van der Waals surface area contributed by atoms with E-state index in [1.165, 1.54) is 43.9 Å². The topological polar surface area (TPSA) is 6.48 Å². The highest BCUT2D eigenvalue weighted by Crippen LogP contribution is 2.35. The van der Waals surface area contributed by atoms with Crippen LogP contribution in [0.5, 0.6) is 0 Å². The molecule has 1 aromatic rings. The van der Waals surface area contributed by atoms with Crippen LogP contribution in [0.2, 0.25) is 0 Å². The van der Waals surface area contributed by atoms with Crippen molar-refractivity contribution in [2.45, 2.75) is 25.8 Å². The summed E-state index contributed by atoms with van der Waals surface area (Å²) in [6.45, 7) is 4.93. The van der Waals surface area contributed by atoms with Crippen molar-refractivity contribution in [2.24, 2.45) is 0 Å². The molecule has 0 radical (unpaired) electrons. The lowest BCUT2D eigenvalue weighted by atomic mass is 10.1. The van der Waals surface area contributed by atoms with Crippen LogP contribution in [0.15, 0.2) is 6.07 Å². The zero-order chi connectivity index (χ0) is 10.3. The number of thiophene rings is 1. The summed E-state index contributed by atoms with van der Waals surface area (Å²) in [5, 5.41) is 1.52. The number of likely N-dealkylation sites (N-methyl/N-ethyl adjacent to an activating group) is 1. The Labute approximate surface area is 95.5 Å². The van der Waals surface area contributed by atoms with E-state index in [9.17, 15) is 0 Å². The second-order valence-corrected chi connectivity index (χ2v) is 5.83. The molecule has 0 saturated carbocycles. The Kier molecular flexibility index (Phi) is 2.45. The molecule has 3 rings (SSSR count). The molecule has 0 aromatic carbocycles. The standard InChI is InChI=1S/C12H18N2S/c1-13-7-4-11-10(9-13)8-12(15-11)14-5-2-3-6-14/h8H,2-7,9H2,1H3. The molecule has 3 heteroatoms. The van der Waals surface area contributed by atoms with Gasteiger partial charge in [-0.3, -0.25) is 0 Å². The normalized spacial score (nSPS) is 22.1. The quantitative estimate of drug-likeness (QED) is 0.719. The molecule has 0 unspecified atom stereocenters. The van der Waals surface area contributed by atoms with Crippen molar-refractivity contribution in [1.82, 2.24) is 4.90 Å². The van der Waals surface area contributed by atoms with Crippen molar-refractivity contribution in [2.75, 3.05) is 31.6 Å². The summed E-state index contributed by atoms with van der Waals surface area (Å²) in [6.07, 6.45) is 4.01. The van der Waals surface area contributed by atoms with Gasteiger partial charge in [-0.1, -0.05) is 0 Å². The maximum atomic E-state index is 2.56. The highest BCUT2D eigenvalue weighted by Gasteiger charge is 2.20. The van der Waals surface area contributed by atoms with Crippen molar-refractivity contribution in [3.05, 3.63) is 16.5 Å². The fourth-order valence-corrected chi connectivity index (χ4v) is 3.77.